The first-order valence-electron chi connectivity index (χ1n) is 11.1. The summed E-state index contributed by atoms with van der Waals surface area (Å²) in [5, 5.41) is 8.32. The molecule has 0 aliphatic carbocycles. The number of amides is 2. The largest absolute Gasteiger partial charge is 0.462 e. The molecule has 2 aromatic carbocycles. The Morgan fingerprint density at radius 3 is 2.36 bits per heavy atom. The Morgan fingerprint density at radius 1 is 1.11 bits per heavy atom. The van der Waals surface area contributed by atoms with Crippen LogP contribution in [0.5, 0.6) is 0 Å². The zero-order valence-electron chi connectivity index (χ0n) is 20.2. The standard InChI is InChI=1S/C25H27F3N4O3S/c1-14(2)13-35-22(33)20-15(3)32(4)24(36)31-21(20)16-9-11-17(12-10-16)29-23(34)30-19-8-6-5-7-18(19)25(26,27)28/h5-12,14,21H,13H2,1-4H3,(H,31,36)(H2,29,30,34). The minimum atomic E-state index is -4.60. The number of anilines is 2. The van der Waals surface area contributed by atoms with Gasteiger partial charge in [-0.2, -0.15) is 13.2 Å². The molecule has 11 heteroatoms. The summed E-state index contributed by atoms with van der Waals surface area (Å²) in [5.74, 6) is -0.291. The summed E-state index contributed by atoms with van der Waals surface area (Å²) in [5.41, 5.74) is 0.805. The van der Waals surface area contributed by atoms with Crippen molar-refractivity contribution in [2.45, 2.75) is 33.0 Å². The molecular weight excluding hydrogens is 493 g/mol. The molecule has 36 heavy (non-hydrogen) atoms. The SMILES string of the molecule is CC1=C(C(=O)OCC(C)C)C(c2ccc(NC(=O)Nc3ccccc3C(F)(F)F)cc2)NC(=S)N1C. The molecule has 1 aliphatic heterocycles. The maximum absolute atomic E-state index is 13.2. The molecule has 1 unspecified atom stereocenters. The molecule has 0 bridgehead atoms. The molecule has 3 rings (SSSR count). The molecule has 0 saturated carbocycles. The molecule has 2 aromatic rings. The van der Waals surface area contributed by atoms with Gasteiger partial charge in [0.2, 0.25) is 0 Å². The highest BCUT2D eigenvalue weighted by atomic mass is 32.1. The second kappa shape index (κ2) is 11.0. The van der Waals surface area contributed by atoms with E-state index in [-0.39, 0.29) is 18.2 Å². The monoisotopic (exact) mass is 520 g/mol. The summed E-state index contributed by atoms with van der Waals surface area (Å²) >= 11 is 5.39. The molecule has 1 heterocycles. The number of allylic oxidation sites excluding steroid dienone is 1. The van der Waals surface area contributed by atoms with E-state index in [1.54, 1.807) is 43.1 Å². The van der Waals surface area contributed by atoms with Gasteiger partial charge in [-0.05, 0) is 54.9 Å². The van der Waals surface area contributed by atoms with Crippen LogP contribution in [0.2, 0.25) is 0 Å². The molecule has 192 valence electrons. The summed E-state index contributed by atoms with van der Waals surface area (Å²) in [6.45, 7) is 5.93. The van der Waals surface area contributed by atoms with Gasteiger partial charge in [-0.15, -0.1) is 0 Å². The van der Waals surface area contributed by atoms with E-state index in [0.29, 0.717) is 27.6 Å². The van der Waals surface area contributed by atoms with Gasteiger partial charge in [0.05, 0.1) is 29.5 Å². The van der Waals surface area contributed by atoms with Crippen LogP contribution in [0.1, 0.15) is 37.9 Å². The van der Waals surface area contributed by atoms with Gasteiger partial charge in [0.15, 0.2) is 5.11 Å². The highest BCUT2D eigenvalue weighted by Gasteiger charge is 2.34. The van der Waals surface area contributed by atoms with Crippen molar-refractivity contribution in [2.24, 2.45) is 5.92 Å². The van der Waals surface area contributed by atoms with Crippen LogP contribution in [0.3, 0.4) is 0 Å². The molecule has 0 fully saturated rings. The number of rotatable bonds is 6. The maximum atomic E-state index is 13.2. The normalized spacial score (nSPS) is 16.1. The maximum Gasteiger partial charge on any atom is 0.418 e. The summed E-state index contributed by atoms with van der Waals surface area (Å²) in [7, 11) is 1.75. The number of halogens is 3. The van der Waals surface area contributed by atoms with E-state index < -0.39 is 29.8 Å². The average Bonchev–Trinajstić information content (AvgIpc) is 2.81. The first-order valence-corrected chi connectivity index (χ1v) is 11.6. The summed E-state index contributed by atoms with van der Waals surface area (Å²) in [6, 6.07) is 9.86. The zero-order chi connectivity index (χ0) is 26.6. The highest BCUT2D eigenvalue weighted by Crippen LogP contribution is 2.35. The number of carbonyl (C=O) groups excluding carboxylic acids is 2. The third kappa shape index (κ3) is 6.34. The average molecular weight is 521 g/mol. The lowest BCUT2D eigenvalue weighted by atomic mass is 9.95. The molecule has 7 nitrogen and oxygen atoms in total. The third-order valence-corrected chi connectivity index (χ3v) is 5.90. The summed E-state index contributed by atoms with van der Waals surface area (Å²) < 4.78 is 45.0. The smallest absolute Gasteiger partial charge is 0.418 e. The van der Waals surface area contributed by atoms with Gasteiger partial charge in [-0.1, -0.05) is 38.1 Å². The Balaban J connectivity index is 1.77. The van der Waals surface area contributed by atoms with Gasteiger partial charge in [-0.25, -0.2) is 9.59 Å². The second-order valence-corrected chi connectivity index (χ2v) is 9.06. The third-order valence-electron chi connectivity index (χ3n) is 5.50. The summed E-state index contributed by atoms with van der Waals surface area (Å²) in [4.78, 5) is 26.9. The van der Waals surface area contributed by atoms with E-state index >= 15 is 0 Å². The Bertz CT molecular complexity index is 1180. The van der Waals surface area contributed by atoms with Crippen molar-refractivity contribution in [2.75, 3.05) is 24.3 Å². The van der Waals surface area contributed by atoms with Crippen molar-refractivity contribution in [3.63, 3.8) is 0 Å². The van der Waals surface area contributed by atoms with Gasteiger partial charge < -0.3 is 25.6 Å². The van der Waals surface area contributed by atoms with Crippen LogP contribution in [-0.2, 0) is 15.7 Å². The zero-order valence-corrected chi connectivity index (χ0v) is 21.0. The van der Waals surface area contributed by atoms with Crippen molar-refractivity contribution < 1.29 is 27.5 Å². The van der Waals surface area contributed by atoms with Gasteiger partial charge in [0, 0.05) is 18.4 Å². The molecule has 0 radical (unpaired) electrons. The van der Waals surface area contributed by atoms with Crippen molar-refractivity contribution >= 4 is 40.7 Å². The van der Waals surface area contributed by atoms with Crippen LogP contribution < -0.4 is 16.0 Å². The Labute approximate surface area is 212 Å². The van der Waals surface area contributed by atoms with E-state index in [2.05, 4.69) is 16.0 Å². The fraction of sp³-hybridized carbons (Fsp3) is 0.320. The number of ether oxygens (including phenoxy) is 1. The number of hydrogen-bond acceptors (Lipinski definition) is 4. The first-order chi connectivity index (χ1) is 16.9. The molecule has 1 atom stereocenters. The van der Waals surface area contributed by atoms with Crippen LogP contribution in [0.25, 0.3) is 0 Å². The minimum absolute atomic E-state index is 0.170. The number of nitrogens with one attached hydrogen (secondary N) is 3. The fourth-order valence-electron chi connectivity index (χ4n) is 3.55. The van der Waals surface area contributed by atoms with Gasteiger partial charge in [-0.3, -0.25) is 0 Å². The van der Waals surface area contributed by atoms with Crippen LogP contribution in [0, 0.1) is 5.92 Å². The van der Waals surface area contributed by atoms with E-state index in [1.165, 1.54) is 18.2 Å². The summed E-state index contributed by atoms with van der Waals surface area (Å²) in [6.07, 6.45) is -4.60. The number of urea groups is 1. The number of para-hydroxylation sites is 1. The van der Waals surface area contributed by atoms with Crippen LogP contribution in [0.15, 0.2) is 59.8 Å². The molecule has 0 spiro atoms. The molecule has 1 aliphatic rings. The van der Waals surface area contributed by atoms with Crippen molar-refractivity contribution in [3.8, 4) is 0 Å². The molecule has 3 N–H and O–H groups in total. The Morgan fingerprint density at radius 2 is 1.75 bits per heavy atom. The van der Waals surface area contributed by atoms with Gasteiger partial charge in [0.25, 0.3) is 0 Å². The van der Waals surface area contributed by atoms with Crippen molar-refractivity contribution in [3.05, 3.63) is 70.9 Å². The second-order valence-electron chi connectivity index (χ2n) is 8.68. The number of carbonyl (C=O) groups is 2. The van der Waals surface area contributed by atoms with E-state index in [0.717, 1.165) is 6.07 Å². The van der Waals surface area contributed by atoms with E-state index in [4.69, 9.17) is 17.0 Å². The van der Waals surface area contributed by atoms with Crippen molar-refractivity contribution in [1.29, 1.82) is 0 Å². The number of alkyl halides is 3. The number of benzene rings is 2. The first kappa shape index (κ1) is 27.0. The number of esters is 1. The Hall–Kier alpha value is -3.60. The molecule has 0 aromatic heterocycles. The van der Waals surface area contributed by atoms with Crippen molar-refractivity contribution in [1.82, 2.24) is 10.2 Å². The van der Waals surface area contributed by atoms with E-state index in [1.807, 2.05) is 13.8 Å². The number of thiocarbonyl (C=S) groups is 1. The minimum Gasteiger partial charge on any atom is -0.462 e. The fourth-order valence-corrected chi connectivity index (χ4v) is 3.81. The lowest BCUT2D eigenvalue weighted by Gasteiger charge is -2.35. The molecular formula is C25H27F3N4O3S. The lowest BCUT2D eigenvalue weighted by Crippen LogP contribution is -2.46. The predicted molar refractivity (Wildman–Crippen MR) is 135 cm³/mol. The predicted octanol–water partition coefficient (Wildman–Crippen LogP) is 5.68. The lowest BCUT2D eigenvalue weighted by molar-refractivity contribution is -0.140. The highest BCUT2D eigenvalue weighted by molar-refractivity contribution is 7.80. The molecule has 0 saturated heterocycles. The number of nitrogens with zero attached hydrogens (tertiary/aromatic N) is 1. The topological polar surface area (TPSA) is 82.7 Å². The van der Waals surface area contributed by atoms with Crippen LogP contribution in [0.4, 0.5) is 29.3 Å². The van der Waals surface area contributed by atoms with Gasteiger partial charge >= 0.3 is 18.2 Å². The quantitative estimate of drug-likeness (QED) is 0.336. The Kier molecular flexibility index (Phi) is 8.24. The van der Waals surface area contributed by atoms with Crippen LogP contribution >= 0.6 is 12.2 Å². The van der Waals surface area contributed by atoms with E-state index in [9.17, 15) is 22.8 Å². The molecule has 2 amide bonds. The van der Waals surface area contributed by atoms with Gasteiger partial charge in [0.1, 0.15) is 0 Å². The van der Waals surface area contributed by atoms with Crippen LogP contribution in [-0.4, -0.2) is 35.7 Å². The number of hydrogen-bond donors (Lipinski definition) is 3.